The second-order valence-corrected chi connectivity index (χ2v) is 3.62. The maximum Gasteiger partial charge on any atom is 0.471 e. The maximum atomic E-state index is 12.0. The minimum absolute atomic E-state index is 0.389. The highest BCUT2D eigenvalue weighted by Crippen LogP contribution is 2.21. The zero-order valence-corrected chi connectivity index (χ0v) is 8.52. The molecule has 4 N–H and O–H groups in total. The molecular formula is C8H12F3NO5. The molecule has 0 bridgehead atoms. The fraction of sp³-hybridized carbons (Fsp3) is 0.875. The average molecular weight is 259 g/mol. The van der Waals surface area contributed by atoms with Gasteiger partial charge < -0.3 is 25.4 Å². The van der Waals surface area contributed by atoms with Crippen molar-refractivity contribution in [1.82, 2.24) is 5.32 Å². The minimum atomic E-state index is -5.07. The molecule has 1 heterocycles. The summed E-state index contributed by atoms with van der Waals surface area (Å²) in [6, 6.07) is -1.33. The molecule has 100 valence electrons. The number of aliphatic hydroxyl groups excluding tert-OH is 3. The first-order valence-corrected chi connectivity index (χ1v) is 4.76. The van der Waals surface area contributed by atoms with E-state index in [1.54, 1.807) is 0 Å². The molecule has 1 saturated heterocycles. The van der Waals surface area contributed by atoms with Gasteiger partial charge in [-0.1, -0.05) is 0 Å². The van der Waals surface area contributed by atoms with Gasteiger partial charge in [-0.3, -0.25) is 4.79 Å². The topological polar surface area (TPSA) is 99.0 Å². The van der Waals surface area contributed by atoms with E-state index >= 15 is 0 Å². The Morgan fingerprint density at radius 1 is 1.41 bits per heavy atom. The number of hydrogen-bond acceptors (Lipinski definition) is 5. The molecule has 1 amide bonds. The van der Waals surface area contributed by atoms with E-state index in [4.69, 9.17) is 10.2 Å². The van der Waals surface area contributed by atoms with Gasteiger partial charge in [-0.25, -0.2) is 0 Å². The van der Waals surface area contributed by atoms with Gasteiger partial charge in [0, 0.05) is 6.42 Å². The molecule has 1 aliphatic rings. The molecule has 0 saturated carbocycles. The van der Waals surface area contributed by atoms with Crippen LogP contribution in [0.4, 0.5) is 13.2 Å². The monoisotopic (exact) mass is 259 g/mol. The molecule has 9 heteroatoms. The average Bonchev–Trinajstić information content (AvgIpc) is 2.21. The predicted octanol–water partition coefficient (Wildman–Crippen LogP) is -1.51. The normalized spacial score (nSPS) is 34.5. The van der Waals surface area contributed by atoms with E-state index < -0.39 is 43.2 Å². The van der Waals surface area contributed by atoms with E-state index in [0.717, 1.165) is 0 Å². The second kappa shape index (κ2) is 5.17. The summed E-state index contributed by atoms with van der Waals surface area (Å²) >= 11 is 0. The van der Waals surface area contributed by atoms with Crippen molar-refractivity contribution in [1.29, 1.82) is 0 Å². The third kappa shape index (κ3) is 3.53. The van der Waals surface area contributed by atoms with E-state index in [1.165, 1.54) is 5.32 Å². The quantitative estimate of drug-likeness (QED) is 0.483. The maximum absolute atomic E-state index is 12.0. The number of hydrogen-bond donors (Lipinski definition) is 4. The Kier molecular flexibility index (Phi) is 4.31. The molecule has 0 aromatic rings. The Labute approximate surface area is 94.0 Å². The summed E-state index contributed by atoms with van der Waals surface area (Å²) in [6.45, 7) is -0.684. The number of aliphatic hydroxyl groups is 3. The van der Waals surface area contributed by atoms with E-state index in [2.05, 4.69) is 4.74 Å². The van der Waals surface area contributed by atoms with Crippen molar-refractivity contribution in [3.05, 3.63) is 0 Å². The molecule has 0 radical (unpaired) electrons. The van der Waals surface area contributed by atoms with E-state index in [-0.39, 0.29) is 6.42 Å². The van der Waals surface area contributed by atoms with Crippen molar-refractivity contribution in [2.45, 2.75) is 37.1 Å². The molecule has 17 heavy (non-hydrogen) atoms. The van der Waals surface area contributed by atoms with Crippen LogP contribution < -0.4 is 5.32 Å². The third-order valence-corrected chi connectivity index (χ3v) is 2.33. The summed E-state index contributed by atoms with van der Waals surface area (Å²) in [5, 5.41) is 28.9. The van der Waals surface area contributed by atoms with E-state index in [9.17, 15) is 23.1 Å². The SMILES string of the molecule is O=C(N[C@H]1C[C@H](O)O[C@@H](CO)[C@H]1O)C(F)(F)F. The Hall–Kier alpha value is -0.900. The first kappa shape index (κ1) is 14.2. The van der Waals surface area contributed by atoms with Crippen LogP contribution in [0.5, 0.6) is 0 Å². The lowest BCUT2D eigenvalue weighted by Gasteiger charge is -2.37. The number of halogens is 3. The van der Waals surface area contributed by atoms with Crippen LogP contribution >= 0.6 is 0 Å². The molecule has 0 unspecified atom stereocenters. The number of amides is 1. The molecule has 0 aliphatic carbocycles. The standard InChI is InChI=1S/C8H12F3NO5/c9-8(10,11)7(16)12-3-1-5(14)17-4(2-13)6(3)15/h3-6,13-15H,1-2H2,(H,12,16)/t3-,4-,5+,6-/m0/s1. The summed E-state index contributed by atoms with van der Waals surface area (Å²) in [6.07, 6.45) is -9.67. The molecule has 0 aromatic carbocycles. The molecule has 0 spiro atoms. The number of carbonyl (C=O) groups excluding carboxylic acids is 1. The van der Waals surface area contributed by atoms with Crippen molar-refractivity contribution >= 4 is 5.91 Å². The van der Waals surface area contributed by atoms with Gasteiger partial charge in [0.05, 0.1) is 12.6 Å². The van der Waals surface area contributed by atoms with Crippen LogP contribution in [-0.2, 0) is 9.53 Å². The first-order valence-electron chi connectivity index (χ1n) is 4.76. The zero-order chi connectivity index (χ0) is 13.2. The Morgan fingerprint density at radius 3 is 2.47 bits per heavy atom. The predicted molar refractivity (Wildman–Crippen MR) is 46.6 cm³/mol. The number of nitrogens with one attached hydrogen (secondary N) is 1. The fourth-order valence-electron chi connectivity index (χ4n) is 1.50. The van der Waals surface area contributed by atoms with Crippen LogP contribution in [0.15, 0.2) is 0 Å². The number of rotatable bonds is 2. The van der Waals surface area contributed by atoms with Gasteiger partial charge in [0.25, 0.3) is 0 Å². The highest BCUT2D eigenvalue weighted by atomic mass is 19.4. The lowest BCUT2D eigenvalue weighted by atomic mass is 9.99. The van der Waals surface area contributed by atoms with Crippen molar-refractivity contribution < 1.29 is 38.0 Å². The molecule has 4 atom stereocenters. The van der Waals surface area contributed by atoms with Crippen LogP contribution in [-0.4, -0.2) is 58.5 Å². The number of carbonyl (C=O) groups is 1. The Balaban J connectivity index is 2.66. The molecule has 6 nitrogen and oxygen atoms in total. The van der Waals surface area contributed by atoms with Gasteiger partial charge in [0.1, 0.15) is 12.2 Å². The lowest BCUT2D eigenvalue weighted by Crippen LogP contribution is -2.58. The summed E-state index contributed by atoms with van der Waals surface area (Å²) < 4.78 is 40.6. The van der Waals surface area contributed by atoms with Gasteiger partial charge >= 0.3 is 12.1 Å². The molecular weight excluding hydrogens is 247 g/mol. The minimum Gasteiger partial charge on any atom is -0.394 e. The van der Waals surface area contributed by atoms with E-state index in [0.29, 0.717) is 0 Å². The van der Waals surface area contributed by atoms with Gasteiger partial charge in [0.2, 0.25) is 0 Å². The van der Waals surface area contributed by atoms with Crippen LogP contribution in [0.3, 0.4) is 0 Å². The zero-order valence-electron chi connectivity index (χ0n) is 8.52. The van der Waals surface area contributed by atoms with Gasteiger partial charge in [-0.15, -0.1) is 0 Å². The highest BCUT2D eigenvalue weighted by Gasteiger charge is 2.44. The van der Waals surface area contributed by atoms with Crippen molar-refractivity contribution in [3.63, 3.8) is 0 Å². The Morgan fingerprint density at radius 2 is 2.00 bits per heavy atom. The van der Waals surface area contributed by atoms with E-state index in [1.807, 2.05) is 0 Å². The summed E-state index contributed by atoms with van der Waals surface area (Å²) in [5.74, 6) is -2.22. The molecule has 1 aliphatic heterocycles. The third-order valence-electron chi connectivity index (χ3n) is 2.33. The second-order valence-electron chi connectivity index (χ2n) is 3.62. The van der Waals surface area contributed by atoms with Crippen LogP contribution in [0.2, 0.25) is 0 Å². The van der Waals surface area contributed by atoms with Gasteiger partial charge in [-0.05, 0) is 0 Å². The number of alkyl halides is 3. The smallest absolute Gasteiger partial charge is 0.394 e. The van der Waals surface area contributed by atoms with Gasteiger partial charge in [0.15, 0.2) is 6.29 Å². The Bertz CT molecular complexity index is 285. The summed E-state index contributed by atoms with van der Waals surface area (Å²) in [4.78, 5) is 10.6. The first-order chi connectivity index (χ1) is 7.75. The van der Waals surface area contributed by atoms with Crippen molar-refractivity contribution in [2.75, 3.05) is 6.61 Å². The van der Waals surface area contributed by atoms with Crippen LogP contribution in [0.25, 0.3) is 0 Å². The lowest BCUT2D eigenvalue weighted by molar-refractivity contribution is -0.220. The largest absolute Gasteiger partial charge is 0.471 e. The molecule has 1 fully saturated rings. The molecule has 1 rings (SSSR count). The van der Waals surface area contributed by atoms with Gasteiger partial charge in [-0.2, -0.15) is 13.2 Å². The van der Waals surface area contributed by atoms with Crippen LogP contribution in [0.1, 0.15) is 6.42 Å². The highest BCUT2D eigenvalue weighted by molar-refractivity contribution is 5.82. The van der Waals surface area contributed by atoms with Crippen LogP contribution in [0, 0.1) is 0 Å². The molecule has 0 aromatic heterocycles. The fourth-order valence-corrected chi connectivity index (χ4v) is 1.50. The van der Waals surface area contributed by atoms with Crippen molar-refractivity contribution in [3.8, 4) is 0 Å². The van der Waals surface area contributed by atoms with Crippen molar-refractivity contribution in [2.24, 2.45) is 0 Å². The summed E-state index contributed by atoms with van der Waals surface area (Å²) in [5.41, 5.74) is 0. The number of ether oxygens (including phenoxy) is 1. The summed E-state index contributed by atoms with van der Waals surface area (Å²) in [7, 11) is 0.